The molecule has 1 unspecified atom stereocenters. The predicted octanol–water partition coefficient (Wildman–Crippen LogP) is 1.34. The molecule has 1 saturated heterocycles. The van der Waals surface area contributed by atoms with E-state index in [0.29, 0.717) is 0 Å². The number of hydrogen-bond acceptors (Lipinski definition) is 3. The van der Waals surface area contributed by atoms with Gasteiger partial charge in [-0.2, -0.15) is 0 Å². The maximum atomic E-state index is 11.6. The molecule has 0 N–H and O–H groups in total. The zero-order chi connectivity index (χ0) is 10.8. The Morgan fingerprint density at radius 2 is 2.21 bits per heavy atom. The summed E-state index contributed by atoms with van der Waals surface area (Å²) in [4.78, 5) is 13.2. The molecule has 14 heavy (non-hydrogen) atoms. The van der Waals surface area contributed by atoms with Crippen molar-refractivity contribution in [1.82, 2.24) is 4.90 Å². The molecule has 0 aromatic rings. The van der Waals surface area contributed by atoms with E-state index < -0.39 is 5.60 Å². The maximum Gasteiger partial charge on any atom is 0.329 e. The smallest absolute Gasteiger partial charge is 0.329 e. The summed E-state index contributed by atoms with van der Waals surface area (Å²) in [6.07, 6.45) is 8.71. The minimum absolute atomic E-state index is 0.241. The number of esters is 1. The van der Waals surface area contributed by atoms with Gasteiger partial charge in [0.05, 0.1) is 0 Å². The fraction of sp³-hybridized carbons (Fsp3) is 0.727. The molecule has 1 fully saturated rings. The van der Waals surface area contributed by atoms with Gasteiger partial charge in [-0.3, -0.25) is 0 Å². The summed E-state index contributed by atoms with van der Waals surface area (Å²) >= 11 is 0. The zero-order valence-electron chi connectivity index (χ0n) is 8.96. The fourth-order valence-corrected chi connectivity index (χ4v) is 1.52. The van der Waals surface area contributed by atoms with E-state index in [-0.39, 0.29) is 12.0 Å². The molecule has 1 heterocycles. The van der Waals surface area contributed by atoms with Gasteiger partial charge in [-0.05, 0) is 33.6 Å². The summed E-state index contributed by atoms with van der Waals surface area (Å²) in [6, 6.07) is 1.96. The van der Waals surface area contributed by atoms with Crippen LogP contribution in [0.2, 0.25) is 0 Å². The second-order valence-electron chi connectivity index (χ2n) is 4.50. The van der Waals surface area contributed by atoms with Crippen molar-refractivity contribution in [1.29, 1.82) is 0 Å². The number of ether oxygens (including phenoxy) is 1. The van der Waals surface area contributed by atoms with E-state index in [1.54, 1.807) is 4.90 Å². The normalized spacial score (nSPS) is 21.9. The largest absolute Gasteiger partial charge is 0.458 e. The second-order valence-corrected chi connectivity index (χ2v) is 4.50. The Morgan fingerprint density at radius 1 is 1.57 bits per heavy atom. The molecule has 77 valence electrons. The summed E-state index contributed by atoms with van der Waals surface area (Å²) in [7, 11) is 0. The predicted molar refractivity (Wildman–Crippen MR) is 52.7 cm³/mol. The Bertz CT molecular complexity index is 259. The number of rotatable bonds is 1. The van der Waals surface area contributed by atoms with Gasteiger partial charge in [0.2, 0.25) is 0 Å². The lowest BCUT2D eigenvalue weighted by Crippen LogP contribution is -2.38. The zero-order valence-corrected chi connectivity index (χ0v) is 8.96. The van der Waals surface area contributed by atoms with Crippen molar-refractivity contribution < 1.29 is 9.53 Å². The van der Waals surface area contributed by atoms with Gasteiger partial charge < -0.3 is 9.64 Å². The molecule has 0 saturated carbocycles. The van der Waals surface area contributed by atoms with Crippen molar-refractivity contribution >= 4 is 5.97 Å². The van der Waals surface area contributed by atoms with Gasteiger partial charge >= 0.3 is 5.97 Å². The molecular formula is C11H16NO2. The summed E-state index contributed by atoms with van der Waals surface area (Å²) < 4.78 is 5.25. The molecule has 1 aliphatic heterocycles. The highest BCUT2D eigenvalue weighted by Gasteiger charge is 2.32. The van der Waals surface area contributed by atoms with Crippen LogP contribution in [0.1, 0.15) is 33.6 Å². The third kappa shape index (κ3) is 2.66. The Morgan fingerprint density at radius 3 is 2.71 bits per heavy atom. The third-order valence-corrected chi connectivity index (χ3v) is 2.08. The van der Waals surface area contributed by atoms with Crippen molar-refractivity contribution in [2.75, 3.05) is 6.54 Å². The van der Waals surface area contributed by atoms with E-state index in [1.807, 2.05) is 20.8 Å². The Kier molecular flexibility index (Phi) is 3.05. The highest BCUT2D eigenvalue weighted by atomic mass is 16.6. The van der Waals surface area contributed by atoms with Crippen LogP contribution < -0.4 is 0 Å². The minimum Gasteiger partial charge on any atom is -0.458 e. The van der Waals surface area contributed by atoms with Crippen LogP contribution in [0.5, 0.6) is 0 Å². The molecule has 0 spiro atoms. The second kappa shape index (κ2) is 3.91. The topological polar surface area (TPSA) is 29.5 Å². The van der Waals surface area contributed by atoms with Crippen molar-refractivity contribution in [3.8, 4) is 6.04 Å². The number of likely N-dealkylation sites (tertiary alicyclic amines) is 1. The van der Waals surface area contributed by atoms with E-state index in [4.69, 9.17) is 11.2 Å². The van der Waals surface area contributed by atoms with Crippen LogP contribution in [0.25, 0.3) is 0 Å². The summed E-state index contributed by atoms with van der Waals surface area (Å²) in [5, 5.41) is 0. The summed E-state index contributed by atoms with van der Waals surface area (Å²) in [6.45, 7) is 6.27. The average Bonchev–Trinajstić information content (AvgIpc) is 2.47. The van der Waals surface area contributed by atoms with Gasteiger partial charge in [-0.15, -0.1) is 0 Å². The van der Waals surface area contributed by atoms with Crippen LogP contribution in [0.4, 0.5) is 0 Å². The van der Waals surface area contributed by atoms with Crippen molar-refractivity contribution in [3.05, 3.63) is 6.42 Å². The lowest BCUT2D eigenvalue weighted by atomic mass is 10.1. The van der Waals surface area contributed by atoms with E-state index in [2.05, 4.69) is 6.04 Å². The van der Waals surface area contributed by atoms with Gasteiger partial charge in [-0.1, -0.05) is 0 Å². The lowest BCUT2D eigenvalue weighted by molar-refractivity contribution is -0.159. The van der Waals surface area contributed by atoms with Crippen LogP contribution in [-0.2, 0) is 9.53 Å². The van der Waals surface area contributed by atoms with Crippen LogP contribution in [0.3, 0.4) is 0 Å². The molecule has 1 rings (SSSR count). The minimum atomic E-state index is -0.451. The van der Waals surface area contributed by atoms with E-state index >= 15 is 0 Å². The van der Waals surface area contributed by atoms with E-state index in [1.165, 1.54) is 0 Å². The van der Waals surface area contributed by atoms with Crippen molar-refractivity contribution in [2.45, 2.75) is 45.3 Å². The quantitative estimate of drug-likeness (QED) is 0.466. The van der Waals surface area contributed by atoms with E-state index in [0.717, 1.165) is 19.4 Å². The molecule has 0 aromatic carbocycles. The highest BCUT2D eigenvalue weighted by molar-refractivity contribution is 5.76. The first-order chi connectivity index (χ1) is 6.44. The first kappa shape index (κ1) is 10.9. The summed E-state index contributed by atoms with van der Waals surface area (Å²) in [5.74, 6) is -0.241. The maximum absolute atomic E-state index is 11.6. The molecule has 0 aromatic heterocycles. The monoisotopic (exact) mass is 194 g/mol. The van der Waals surface area contributed by atoms with Crippen molar-refractivity contribution in [3.63, 3.8) is 0 Å². The Labute approximate surface area is 85.4 Å². The number of nitrogens with zero attached hydrogens (tertiary/aromatic N) is 1. The standard InChI is InChI=1S/C11H16NO2/c1-5-12-8-6-7-9(12)10(13)14-11(2,3)4/h9H,6-8H2,2-4H3. The molecule has 0 aliphatic carbocycles. The van der Waals surface area contributed by atoms with Crippen molar-refractivity contribution in [2.24, 2.45) is 0 Å². The number of carbonyl (C=O) groups excluding carboxylic acids is 1. The lowest BCUT2D eigenvalue weighted by Gasteiger charge is -2.24. The van der Waals surface area contributed by atoms with Crippen LogP contribution in [0, 0.1) is 12.5 Å². The highest BCUT2D eigenvalue weighted by Crippen LogP contribution is 2.19. The molecule has 1 radical (unpaired) electrons. The third-order valence-electron chi connectivity index (χ3n) is 2.08. The SMILES string of the molecule is [C]#CN1CCCC1C(=O)OC(C)(C)C. The van der Waals surface area contributed by atoms with Gasteiger partial charge in [0.15, 0.2) is 0 Å². The number of hydrogen-bond donors (Lipinski definition) is 0. The van der Waals surface area contributed by atoms with Gasteiger partial charge in [0.25, 0.3) is 0 Å². The fourth-order valence-electron chi connectivity index (χ4n) is 1.52. The first-order valence-corrected chi connectivity index (χ1v) is 4.86. The van der Waals surface area contributed by atoms with E-state index in [9.17, 15) is 4.79 Å². The number of carbonyl (C=O) groups is 1. The van der Waals surface area contributed by atoms with Crippen LogP contribution in [-0.4, -0.2) is 29.1 Å². The molecular weight excluding hydrogens is 178 g/mol. The van der Waals surface area contributed by atoms with Crippen LogP contribution >= 0.6 is 0 Å². The average molecular weight is 194 g/mol. The molecule has 0 bridgehead atoms. The van der Waals surface area contributed by atoms with Crippen LogP contribution in [0.15, 0.2) is 0 Å². The molecule has 1 atom stereocenters. The Balaban J connectivity index is 2.57. The first-order valence-electron chi connectivity index (χ1n) is 4.86. The molecule has 3 nitrogen and oxygen atoms in total. The van der Waals surface area contributed by atoms with Gasteiger partial charge in [0, 0.05) is 19.0 Å². The Hall–Kier alpha value is -1.17. The van der Waals surface area contributed by atoms with Gasteiger partial charge in [0.1, 0.15) is 11.6 Å². The molecule has 1 aliphatic rings. The molecule has 3 heteroatoms. The molecule has 0 amide bonds. The summed E-state index contributed by atoms with van der Waals surface area (Å²) in [5.41, 5.74) is -0.451. The van der Waals surface area contributed by atoms with Gasteiger partial charge in [-0.25, -0.2) is 4.79 Å².